The van der Waals surface area contributed by atoms with Gasteiger partial charge in [0.15, 0.2) is 0 Å². The molecule has 1 aromatic rings. The molecule has 16 heavy (non-hydrogen) atoms. The van der Waals surface area contributed by atoms with E-state index in [0.717, 1.165) is 0 Å². The smallest absolute Gasteiger partial charge is 0.337 e. The zero-order valence-corrected chi connectivity index (χ0v) is 9.06. The van der Waals surface area contributed by atoms with Crippen molar-refractivity contribution in [3.63, 3.8) is 0 Å². The summed E-state index contributed by atoms with van der Waals surface area (Å²) in [5, 5.41) is 11.5. The van der Waals surface area contributed by atoms with E-state index >= 15 is 0 Å². The summed E-state index contributed by atoms with van der Waals surface area (Å²) >= 11 is 0. The minimum absolute atomic E-state index is 0.0931. The average molecular weight is 222 g/mol. The lowest BCUT2D eigenvalue weighted by molar-refractivity contribution is -0.120. The number of carbonyl (C=O) groups excluding carboxylic acids is 1. The molecule has 0 fully saturated rings. The van der Waals surface area contributed by atoms with Gasteiger partial charge in [0.25, 0.3) is 0 Å². The maximum atomic E-state index is 11.2. The first-order chi connectivity index (χ1) is 7.65. The van der Waals surface area contributed by atoms with Crippen LogP contribution >= 0.6 is 0 Å². The molecule has 1 rings (SSSR count). The third-order valence-electron chi connectivity index (χ3n) is 2.08. The number of aryl methyl sites for hydroxylation is 1. The van der Waals surface area contributed by atoms with E-state index in [4.69, 9.17) is 5.11 Å². The largest absolute Gasteiger partial charge is 0.478 e. The third-order valence-corrected chi connectivity index (χ3v) is 2.08. The van der Waals surface area contributed by atoms with Crippen LogP contribution in [0.4, 0.5) is 0 Å². The molecule has 0 atom stereocenters. The van der Waals surface area contributed by atoms with Crippen molar-refractivity contribution in [1.82, 2.24) is 10.3 Å². The molecule has 1 aromatic heterocycles. The molecule has 0 aliphatic heterocycles. The van der Waals surface area contributed by atoms with Gasteiger partial charge in [-0.1, -0.05) is 0 Å². The van der Waals surface area contributed by atoms with Gasteiger partial charge in [-0.15, -0.1) is 0 Å². The number of aromatic nitrogens is 1. The molecule has 0 saturated heterocycles. The number of nitrogens with one attached hydrogen (secondary N) is 1. The Morgan fingerprint density at radius 2 is 2.25 bits per heavy atom. The summed E-state index contributed by atoms with van der Waals surface area (Å²) in [4.78, 5) is 26.0. The Labute approximate surface area is 93.5 Å². The molecule has 0 unspecified atom stereocenters. The number of pyridine rings is 1. The first kappa shape index (κ1) is 12.2. The number of hydrogen-bond donors (Lipinski definition) is 2. The Hall–Kier alpha value is -1.91. The lowest BCUT2D eigenvalue weighted by Gasteiger charge is -2.04. The summed E-state index contributed by atoms with van der Waals surface area (Å²) in [5.74, 6) is -1.11. The Kier molecular flexibility index (Phi) is 4.44. The molecule has 0 bridgehead atoms. The fourth-order valence-corrected chi connectivity index (χ4v) is 1.35. The number of hydrogen-bond acceptors (Lipinski definition) is 3. The van der Waals surface area contributed by atoms with Gasteiger partial charge in [-0.05, 0) is 25.5 Å². The fourth-order valence-electron chi connectivity index (χ4n) is 1.35. The average Bonchev–Trinajstić information content (AvgIpc) is 2.27. The first-order valence-electron chi connectivity index (χ1n) is 5.09. The Morgan fingerprint density at radius 1 is 1.50 bits per heavy atom. The normalized spacial score (nSPS) is 9.81. The molecule has 2 N–H and O–H groups in total. The minimum Gasteiger partial charge on any atom is -0.478 e. The van der Waals surface area contributed by atoms with E-state index in [0.29, 0.717) is 18.7 Å². The number of carboxylic acids is 1. The van der Waals surface area contributed by atoms with Gasteiger partial charge in [0, 0.05) is 19.2 Å². The van der Waals surface area contributed by atoms with E-state index in [1.54, 1.807) is 6.07 Å². The van der Waals surface area contributed by atoms with Crippen molar-refractivity contribution in [2.75, 3.05) is 6.54 Å². The van der Waals surface area contributed by atoms with Crippen molar-refractivity contribution in [2.45, 2.75) is 19.8 Å². The SMILES string of the molecule is CCNC(=O)CCc1ncccc1C(=O)O. The van der Waals surface area contributed by atoms with Gasteiger partial charge in [0.05, 0.1) is 11.3 Å². The van der Waals surface area contributed by atoms with E-state index in [-0.39, 0.29) is 17.9 Å². The van der Waals surface area contributed by atoms with Crippen LogP contribution in [0.5, 0.6) is 0 Å². The molecule has 1 heterocycles. The second kappa shape index (κ2) is 5.85. The maximum absolute atomic E-state index is 11.2. The third kappa shape index (κ3) is 3.34. The molecule has 0 aliphatic carbocycles. The maximum Gasteiger partial charge on any atom is 0.337 e. The van der Waals surface area contributed by atoms with E-state index in [9.17, 15) is 9.59 Å². The molecule has 5 heteroatoms. The van der Waals surface area contributed by atoms with Crippen molar-refractivity contribution in [3.05, 3.63) is 29.6 Å². The highest BCUT2D eigenvalue weighted by Crippen LogP contribution is 2.07. The highest BCUT2D eigenvalue weighted by molar-refractivity contribution is 5.89. The number of carboxylic acid groups (broad SMARTS) is 1. The van der Waals surface area contributed by atoms with Crippen molar-refractivity contribution >= 4 is 11.9 Å². The number of amides is 1. The number of carbonyl (C=O) groups is 2. The van der Waals surface area contributed by atoms with Crippen LogP contribution in [0.1, 0.15) is 29.4 Å². The molecular formula is C11H14N2O3. The topological polar surface area (TPSA) is 79.3 Å². The number of aromatic carboxylic acids is 1. The minimum atomic E-state index is -1.01. The summed E-state index contributed by atoms with van der Waals surface area (Å²) in [6.07, 6.45) is 2.12. The predicted octanol–water partition coefficient (Wildman–Crippen LogP) is 0.848. The van der Waals surface area contributed by atoms with Crippen LogP contribution < -0.4 is 5.32 Å². The molecule has 0 spiro atoms. The van der Waals surface area contributed by atoms with Gasteiger partial charge in [0.1, 0.15) is 0 Å². The van der Waals surface area contributed by atoms with Crippen molar-refractivity contribution < 1.29 is 14.7 Å². The van der Waals surface area contributed by atoms with E-state index < -0.39 is 5.97 Å². The van der Waals surface area contributed by atoms with Crippen LogP contribution in [0.3, 0.4) is 0 Å². The van der Waals surface area contributed by atoms with E-state index in [1.807, 2.05) is 6.92 Å². The van der Waals surface area contributed by atoms with Crippen LogP contribution in [0.25, 0.3) is 0 Å². The van der Waals surface area contributed by atoms with Gasteiger partial charge in [0.2, 0.25) is 5.91 Å². The molecule has 0 aromatic carbocycles. The fraction of sp³-hybridized carbons (Fsp3) is 0.364. The molecular weight excluding hydrogens is 208 g/mol. The second-order valence-electron chi connectivity index (χ2n) is 3.26. The molecule has 5 nitrogen and oxygen atoms in total. The van der Waals surface area contributed by atoms with E-state index in [2.05, 4.69) is 10.3 Å². The van der Waals surface area contributed by atoms with Crippen LogP contribution in [0.2, 0.25) is 0 Å². The Bertz CT molecular complexity index is 391. The van der Waals surface area contributed by atoms with Gasteiger partial charge >= 0.3 is 5.97 Å². The highest BCUT2D eigenvalue weighted by atomic mass is 16.4. The summed E-state index contributed by atoms with van der Waals surface area (Å²) in [7, 11) is 0. The van der Waals surface area contributed by atoms with E-state index in [1.165, 1.54) is 12.3 Å². The standard InChI is InChI=1S/C11H14N2O3/c1-2-12-10(14)6-5-9-8(11(15)16)4-3-7-13-9/h3-4,7H,2,5-6H2,1H3,(H,12,14)(H,15,16). The van der Waals surface area contributed by atoms with Gasteiger partial charge < -0.3 is 10.4 Å². The van der Waals surface area contributed by atoms with Crippen LogP contribution in [-0.4, -0.2) is 28.5 Å². The van der Waals surface area contributed by atoms with Crippen molar-refractivity contribution in [3.8, 4) is 0 Å². The molecule has 0 radical (unpaired) electrons. The lowest BCUT2D eigenvalue weighted by atomic mass is 10.1. The quantitative estimate of drug-likeness (QED) is 0.774. The highest BCUT2D eigenvalue weighted by Gasteiger charge is 2.11. The summed E-state index contributed by atoms with van der Waals surface area (Å²) in [6, 6.07) is 3.06. The van der Waals surface area contributed by atoms with Gasteiger partial charge in [-0.25, -0.2) is 4.79 Å². The van der Waals surface area contributed by atoms with Crippen LogP contribution in [-0.2, 0) is 11.2 Å². The summed E-state index contributed by atoms with van der Waals surface area (Å²) in [6.45, 7) is 2.41. The zero-order chi connectivity index (χ0) is 12.0. The first-order valence-corrected chi connectivity index (χ1v) is 5.09. The molecule has 0 aliphatic rings. The summed E-state index contributed by atoms with van der Waals surface area (Å²) in [5.41, 5.74) is 0.605. The van der Waals surface area contributed by atoms with Gasteiger partial charge in [-0.2, -0.15) is 0 Å². The Balaban J connectivity index is 2.66. The molecule has 86 valence electrons. The number of nitrogens with zero attached hydrogens (tertiary/aromatic N) is 1. The molecule has 0 saturated carbocycles. The van der Waals surface area contributed by atoms with Crippen LogP contribution in [0.15, 0.2) is 18.3 Å². The number of rotatable bonds is 5. The Morgan fingerprint density at radius 3 is 2.88 bits per heavy atom. The van der Waals surface area contributed by atoms with Gasteiger partial charge in [-0.3, -0.25) is 9.78 Å². The zero-order valence-electron chi connectivity index (χ0n) is 9.06. The molecule has 1 amide bonds. The second-order valence-corrected chi connectivity index (χ2v) is 3.26. The summed E-state index contributed by atoms with van der Waals surface area (Å²) < 4.78 is 0. The van der Waals surface area contributed by atoms with Crippen molar-refractivity contribution in [1.29, 1.82) is 0 Å². The predicted molar refractivity (Wildman–Crippen MR) is 58.2 cm³/mol. The lowest BCUT2D eigenvalue weighted by Crippen LogP contribution is -2.23. The van der Waals surface area contributed by atoms with Crippen LogP contribution in [0, 0.1) is 0 Å². The monoisotopic (exact) mass is 222 g/mol. The van der Waals surface area contributed by atoms with Crippen molar-refractivity contribution in [2.24, 2.45) is 0 Å².